The van der Waals surface area contributed by atoms with Crippen LogP contribution in [0.4, 0.5) is 5.69 Å². The number of hydrogen-bond donors (Lipinski definition) is 2. The lowest BCUT2D eigenvalue weighted by Gasteiger charge is -2.11. The molecule has 92 valence electrons. The lowest BCUT2D eigenvalue weighted by molar-refractivity contribution is 0.112. The highest BCUT2D eigenvalue weighted by atomic mass is 16.1. The Labute approximate surface area is 104 Å². The first-order chi connectivity index (χ1) is 8.79. The number of carbonyl (C=O) groups is 1. The summed E-state index contributed by atoms with van der Waals surface area (Å²) in [7, 11) is 0. The summed E-state index contributed by atoms with van der Waals surface area (Å²) in [5.41, 5.74) is 1.28. The standard InChI is InChI=1S/C14H14N2O2/c17-8-11-13(15-7-9-5-6-9)10-3-1-2-4-12(10)16-14(11)18/h1-4,8-9H,5-7H2,(H2,15,16,18). The van der Waals surface area contributed by atoms with Crippen LogP contribution in [-0.2, 0) is 0 Å². The van der Waals surface area contributed by atoms with Crippen LogP contribution in [0.2, 0.25) is 0 Å². The minimum atomic E-state index is -0.331. The molecule has 2 N–H and O–H groups in total. The first-order valence-electron chi connectivity index (χ1n) is 6.13. The van der Waals surface area contributed by atoms with Crippen molar-refractivity contribution in [1.29, 1.82) is 0 Å². The predicted molar refractivity (Wildman–Crippen MR) is 71.2 cm³/mol. The molecule has 1 aromatic carbocycles. The van der Waals surface area contributed by atoms with E-state index in [4.69, 9.17) is 0 Å². The van der Waals surface area contributed by atoms with Crippen molar-refractivity contribution in [2.24, 2.45) is 5.92 Å². The van der Waals surface area contributed by atoms with Gasteiger partial charge >= 0.3 is 0 Å². The van der Waals surface area contributed by atoms with Gasteiger partial charge in [-0.25, -0.2) is 0 Å². The van der Waals surface area contributed by atoms with E-state index >= 15 is 0 Å². The molecular formula is C14H14N2O2. The number of H-pyrrole nitrogens is 1. The number of fused-ring (bicyclic) bond motifs is 1. The first kappa shape index (κ1) is 11.0. The molecule has 0 amide bonds. The molecule has 0 radical (unpaired) electrons. The Hall–Kier alpha value is -2.10. The third-order valence-electron chi connectivity index (χ3n) is 3.34. The number of nitrogens with one attached hydrogen (secondary N) is 2. The number of aromatic amines is 1. The number of rotatable bonds is 4. The molecular weight excluding hydrogens is 228 g/mol. The largest absolute Gasteiger partial charge is 0.383 e. The number of carbonyl (C=O) groups excluding carboxylic acids is 1. The number of pyridine rings is 1. The summed E-state index contributed by atoms with van der Waals surface area (Å²) < 4.78 is 0. The molecule has 1 heterocycles. The molecule has 1 aromatic heterocycles. The number of aromatic nitrogens is 1. The SMILES string of the molecule is O=Cc1c(NCC2CC2)c2ccccc2[nH]c1=O. The molecule has 18 heavy (non-hydrogen) atoms. The Kier molecular flexibility index (Phi) is 2.63. The molecule has 0 atom stereocenters. The number of para-hydroxylation sites is 1. The van der Waals surface area contributed by atoms with Crippen molar-refractivity contribution in [2.75, 3.05) is 11.9 Å². The topological polar surface area (TPSA) is 62.0 Å². The summed E-state index contributed by atoms with van der Waals surface area (Å²) in [5.74, 6) is 0.683. The molecule has 3 rings (SSSR count). The minimum Gasteiger partial charge on any atom is -0.383 e. The molecule has 4 heteroatoms. The normalized spacial score (nSPS) is 14.7. The van der Waals surface area contributed by atoms with Gasteiger partial charge < -0.3 is 10.3 Å². The molecule has 0 spiro atoms. The number of benzene rings is 1. The van der Waals surface area contributed by atoms with E-state index in [0.717, 1.165) is 17.4 Å². The van der Waals surface area contributed by atoms with Crippen molar-refractivity contribution in [3.05, 3.63) is 40.2 Å². The zero-order valence-corrected chi connectivity index (χ0v) is 9.90. The third-order valence-corrected chi connectivity index (χ3v) is 3.34. The predicted octanol–water partition coefficient (Wildman–Crippen LogP) is 2.16. The van der Waals surface area contributed by atoms with Crippen LogP contribution in [0.5, 0.6) is 0 Å². The Morgan fingerprint density at radius 2 is 2.11 bits per heavy atom. The van der Waals surface area contributed by atoms with Gasteiger partial charge in [0.05, 0.1) is 11.2 Å². The molecule has 0 aliphatic heterocycles. The van der Waals surface area contributed by atoms with Crippen molar-refractivity contribution < 1.29 is 4.79 Å². The molecule has 0 bridgehead atoms. The molecule has 1 fully saturated rings. The van der Waals surface area contributed by atoms with Crippen LogP contribution in [0.15, 0.2) is 29.1 Å². The Morgan fingerprint density at radius 1 is 1.33 bits per heavy atom. The minimum absolute atomic E-state index is 0.189. The van der Waals surface area contributed by atoms with E-state index in [0.29, 0.717) is 17.9 Å². The van der Waals surface area contributed by atoms with E-state index in [1.165, 1.54) is 12.8 Å². The molecule has 4 nitrogen and oxygen atoms in total. The van der Waals surface area contributed by atoms with Gasteiger partial charge in [-0.3, -0.25) is 9.59 Å². The van der Waals surface area contributed by atoms with Crippen molar-refractivity contribution >= 4 is 22.9 Å². The van der Waals surface area contributed by atoms with E-state index in [-0.39, 0.29) is 11.1 Å². The molecule has 0 unspecified atom stereocenters. The summed E-state index contributed by atoms with van der Waals surface area (Å²) in [6.07, 6.45) is 3.08. The summed E-state index contributed by atoms with van der Waals surface area (Å²) in [6.45, 7) is 0.828. The van der Waals surface area contributed by atoms with Gasteiger partial charge in [0.15, 0.2) is 6.29 Å². The van der Waals surface area contributed by atoms with E-state index < -0.39 is 0 Å². The number of anilines is 1. The van der Waals surface area contributed by atoms with Crippen LogP contribution in [0.25, 0.3) is 10.9 Å². The first-order valence-corrected chi connectivity index (χ1v) is 6.13. The van der Waals surface area contributed by atoms with Crippen LogP contribution < -0.4 is 10.9 Å². The Morgan fingerprint density at radius 3 is 2.83 bits per heavy atom. The van der Waals surface area contributed by atoms with E-state index in [2.05, 4.69) is 10.3 Å². The number of hydrogen-bond acceptors (Lipinski definition) is 3. The fourth-order valence-corrected chi connectivity index (χ4v) is 2.13. The van der Waals surface area contributed by atoms with Gasteiger partial charge in [-0.15, -0.1) is 0 Å². The number of aldehydes is 1. The van der Waals surface area contributed by atoms with E-state index in [9.17, 15) is 9.59 Å². The molecule has 1 saturated carbocycles. The average molecular weight is 242 g/mol. The van der Waals surface area contributed by atoms with Crippen molar-refractivity contribution in [3.8, 4) is 0 Å². The van der Waals surface area contributed by atoms with Gasteiger partial charge in [0, 0.05) is 11.9 Å². The maximum atomic E-state index is 11.8. The molecule has 2 aromatic rings. The van der Waals surface area contributed by atoms with Gasteiger partial charge in [0.2, 0.25) is 0 Å². The van der Waals surface area contributed by atoms with Gasteiger partial charge in [0.1, 0.15) is 5.56 Å². The van der Waals surface area contributed by atoms with E-state index in [1.54, 1.807) is 0 Å². The van der Waals surface area contributed by atoms with Crippen LogP contribution >= 0.6 is 0 Å². The quantitative estimate of drug-likeness (QED) is 0.808. The third kappa shape index (κ3) is 1.90. The zero-order valence-electron chi connectivity index (χ0n) is 9.90. The highest BCUT2D eigenvalue weighted by molar-refractivity contribution is 5.99. The summed E-state index contributed by atoms with van der Waals surface area (Å²) in [6, 6.07) is 7.52. The lowest BCUT2D eigenvalue weighted by Crippen LogP contribution is -2.17. The maximum Gasteiger partial charge on any atom is 0.261 e. The monoisotopic (exact) mass is 242 g/mol. The Bertz CT molecular complexity index is 656. The average Bonchev–Trinajstić information content (AvgIpc) is 3.19. The summed E-state index contributed by atoms with van der Waals surface area (Å²) in [5, 5.41) is 4.15. The smallest absolute Gasteiger partial charge is 0.261 e. The highest BCUT2D eigenvalue weighted by Crippen LogP contribution is 2.30. The van der Waals surface area contributed by atoms with Gasteiger partial charge in [0.25, 0.3) is 5.56 Å². The second-order valence-electron chi connectivity index (χ2n) is 4.73. The molecule has 1 aliphatic carbocycles. The van der Waals surface area contributed by atoms with Gasteiger partial charge in [-0.05, 0) is 24.8 Å². The Balaban J connectivity index is 2.15. The zero-order chi connectivity index (χ0) is 12.5. The van der Waals surface area contributed by atoms with Crippen molar-refractivity contribution in [3.63, 3.8) is 0 Å². The van der Waals surface area contributed by atoms with Crippen molar-refractivity contribution in [2.45, 2.75) is 12.8 Å². The van der Waals surface area contributed by atoms with Crippen LogP contribution in [-0.4, -0.2) is 17.8 Å². The van der Waals surface area contributed by atoms with E-state index in [1.807, 2.05) is 24.3 Å². The fourth-order valence-electron chi connectivity index (χ4n) is 2.13. The van der Waals surface area contributed by atoms with Crippen LogP contribution in [0, 0.1) is 5.92 Å². The lowest BCUT2D eigenvalue weighted by atomic mass is 10.1. The van der Waals surface area contributed by atoms with Crippen LogP contribution in [0.3, 0.4) is 0 Å². The second-order valence-corrected chi connectivity index (χ2v) is 4.73. The van der Waals surface area contributed by atoms with Gasteiger partial charge in [-0.1, -0.05) is 18.2 Å². The van der Waals surface area contributed by atoms with Crippen LogP contribution in [0.1, 0.15) is 23.2 Å². The van der Waals surface area contributed by atoms with Gasteiger partial charge in [-0.2, -0.15) is 0 Å². The highest BCUT2D eigenvalue weighted by Gasteiger charge is 2.22. The molecule has 0 saturated heterocycles. The van der Waals surface area contributed by atoms with Crippen molar-refractivity contribution in [1.82, 2.24) is 4.98 Å². The maximum absolute atomic E-state index is 11.8. The second kappa shape index (κ2) is 4.29. The molecule has 1 aliphatic rings. The fraction of sp³-hybridized carbons (Fsp3) is 0.286. The summed E-state index contributed by atoms with van der Waals surface area (Å²) >= 11 is 0. The summed E-state index contributed by atoms with van der Waals surface area (Å²) in [4.78, 5) is 25.6.